The van der Waals surface area contributed by atoms with E-state index in [9.17, 15) is 18.3 Å². The summed E-state index contributed by atoms with van der Waals surface area (Å²) in [5.74, 6) is 0.117. The van der Waals surface area contributed by atoms with Gasteiger partial charge in [0.25, 0.3) is 0 Å². The average molecular weight is 476 g/mol. The fraction of sp³-hybridized carbons (Fsp3) is 0.607. The molecular formula is C28H33F4NO. The predicted octanol–water partition coefficient (Wildman–Crippen LogP) is 8.09. The molecule has 0 bridgehead atoms. The molecular weight excluding hydrogens is 442 g/mol. The van der Waals surface area contributed by atoms with Gasteiger partial charge in [-0.3, -0.25) is 4.98 Å². The van der Waals surface area contributed by atoms with Crippen LogP contribution in [0.25, 0.3) is 0 Å². The third-order valence-electron chi connectivity index (χ3n) is 8.43. The number of aliphatic hydroxyl groups excluding tert-OH is 1. The fourth-order valence-corrected chi connectivity index (χ4v) is 6.58. The van der Waals surface area contributed by atoms with Crippen molar-refractivity contribution in [1.29, 1.82) is 0 Å². The maximum Gasteiger partial charge on any atom is 0.416 e. The van der Waals surface area contributed by atoms with Gasteiger partial charge in [0.05, 0.1) is 11.7 Å². The van der Waals surface area contributed by atoms with Crippen molar-refractivity contribution < 1.29 is 22.7 Å². The highest BCUT2D eigenvalue weighted by Crippen LogP contribution is 2.56. The number of nitrogens with zero attached hydrogens (tertiary/aromatic N) is 1. The first-order valence-corrected chi connectivity index (χ1v) is 12.7. The van der Waals surface area contributed by atoms with Gasteiger partial charge in [0.15, 0.2) is 6.17 Å². The lowest BCUT2D eigenvalue weighted by molar-refractivity contribution is -0.137. The molecule has 2 atom stereocenters. The van der Waals surface area contributed by atoms with Gasteiger partial charge in [0.1, 0.15) is 0 Å². The van der Waals surface area contributed by atoms with Crippen molar-refractivity contribution in [2.75, 3.05) is 0 Å². The normalized spacial score (nSPS) is 23.2. The van der Waals surface area contributed by atoms with Crippen LogP contribution in [0.1, 0.15) is 129 Å². The molecule has 2 aromatic rings. The third kappa shape index (κ3) is 4.06. The Morgan fingerprint density at radius 1 is 1.00 bits per heavy atom. The van der Waals surface area contributed by atoms with Crippen molar-refractivity contribution in [3.05, 3.63) is 63.5 Å². The van der Waals surface area contributed by atoms with E-state index in [0.29, 0.717) is 17.7 Å². The second-order valence-electron chi connectivity index (χ2n) is 11.1. The molecule has 1 spiro atoms. The lowest BCUT2D eigenvalue weighted by Crippen LogP contribution is -2.39. The van der Waals surface area contributed by atoms with E-state index >= 15 is 4.39 Å². The molecule has 3 aliphatic carbocycles. The van der Waals surface area contributed by atoms with Crippen LogP contribution in [0.4, 0.5) is 17.6 Å². The Labute approximate surface area is 198 Å². The van der Waals surface area contributed by atoms with Crippen LogP contribution >= 0.6 is 0 Å². The zero-order valence-corrected chi connectivity index (χ0v) is 19.9. The molecule has 0 radical (unpaired) electrons. The first kappa shape index (κ1) is 23.8. The standard InChI is InChI=1S/C28H33F4NO/c1-16(2)26-24(25(29)18-8-10-19(11-9-18)28(30,31)32)22(17-6-3-4-7-17)23-20(33-26)14-27(12-5-13-27)15-21(23)34/h8-11,16-17,21,25,34H,3-7,12-15H2,1-2H3/t21-,25+/m0/s1. The first-order valence-electron chi connectivity index (χ1n) is 12.7. The molecule has 5 rings (SSSR count). The SMILES string of the molecule is CC(C)c1nc2c(c(C3CCCC3)c1[C@H](F)c1ccc(C(F)(F)F)cc1)[C@@H](O)CC1(CCC1)C2. The van der Waals surface area contributed by atoms with Crippen LogP contribution in [0, 0.1) is 5.41 Å². The number of pyridine rings is 1. The van der Waals surface area contributed by atoms with Crippen LogP contribution in [0.5, 0.6) is 0 Å². The van der Waals surface area contributed by atoms with Crippen LogP contribution in [-0.2, 0) is 12.6 Å². The van der Waals surface area contributed by atoms with Crippen molar-refractivity contribution in [2.45, 2.75) is 102 Å². The Morgan fingerprint density at radius 3 is 2.18 bits per heavy atom. The van der Waals surface area contributed by atoms with Crippen molar-refractivity contribution in [1.82, 2.24) is 4.98 Å². The molecule has 2 fully saturated rings. The molecule has 0 saturated heterocycles. The summed E-state index contributed by atoms with van der Waals surface area (Å²) in [4.78, 5) is 5.00. The van der Waals surface area contributed by atoms with Crippen LogP contribution in [-0.4, -0.2) is 10.1 Å². The minimum Gasteiger partial charge on any atom is -0.388 e. The molecule has 1 N–H and O–H groups in total. The Kier molecular flexibility index (Phi) is 6.02. The van der Waals surface area contributed by atoms with Gasteiger partial charge < -0.3 is 5.11 Å². The number of alkyl halides is 4. The van der Waals surface area contributed by atoms with Gasteiger partial charge in [0, 0.05) is 22.5 Å². The van der Waals surface area contributed by atoms with Gasteiger partial charge in [0.2, 0.25) is 0 Å². The minimum atomic E-state index is -4.46. The monoisotopic (exact) mass is 475 g/mol. The largest absolute Gasteiger partial charge is 0.416 e. The van der Waals surface area contributed by atoms with E-state index < -0.39 is 24.0 Å². The van der Waals surface area contributed by atoms with Gasteiger partial charge in [-0.15, -0.1) is 0 Å². The van der Waals surface area contributed by atoms with Gasteiger partial charge >= 0.3 is 6.18 Å². The highest BCUT2D eigenvalue weighted by atomic mass is 19.4. The summed E-state index contributed by atoms with van der Waals surface area (Å²) < 4.78 is 55.6. The Morgan fingerprint density at radius 2 is 1.65 bits per heavy atom. The number of hydrogen-bond donors (Lipinski definition) is 1. The Balaban J connectivity index is 1.67. The zero-order chi connectivity index (χ0) is 24.3. The van der Waals surface area contributed by atoms with Gasteiger partial charge in [-0.2, -0.15) is 13.2 Å². The molecule has 6 heteroatoms. The van der Waals surface area contributed by atoms with E-state index in [2.05, 4.69) is 0 Å². The summed E-state index contributed by atoms with van der Waals surface area (Å²) >= 11 is 0. The summed E-state index contributed by atoms with van der Waals surface area (Å²) in [6, 6.07) is 4.39. The van der Waals surface area contributed by atoms with Crippen LogP contribution in [0.2, 0.25) is 0 Å². The van der Waals surface area contributed by atoms with Crippen LogP contribution < -0.4 is 0 Å². The number of benzene rings is 1. The maximum absolute atomic E-state index is 16.4. The number of aromatic nitrogens is 1. The first-order chi connectivity index (χ1) is 16.1. The Hall–Kier alpha value is -1.95. The lowest BCUT2D eigenvalue weighted by Gasteiger charge is -2.48. The lowest BCUT2D eigenvalue weighted by atomic mass is 9.59. The van der Waals surface area contributed by atoms with Crippen LogP contribution in [0.3, 0.4) is 0 Å². The summed E-state index contributed by atoms with van der Waals surface area (Å²) in [6.07, 6.45) is 2.20. The number of aliphatic hydroxyl groups is 1. The molecule has 3 aliphatic rings. The average Bonchev–Trinajstić information content (AvgIpc) is 3.30. The van der Waals surface area contributed by atoms with Gasteiger partial charge in [-0.1, -0.05) is 45.2 Å². The fourth-order valence-electron chi connectivity index (χ4n) is 6.58. The maximum atomic E-state index is 16.4. The number of fused-ring (bicyclic) bond motifs is 1. The van der Waals surface area contributed by atoms with E-state index in [1.54, 1.807) is 0 Å². The van der Waals surface area contributed by atoms with Crippen molar-refractivity contribution in [3.8, 4) is 0 Å². The smallest absolute Gasteiger partial charge is 0.388 e. The van der Waals surface area contributed by atoms with E-state index in [1.165, 1.54) is 18.6 Å². The molecule has 2 nitrogen and oxygen atoms in total. The van der Waals surface area contributed by atoms with Crippen molar-refractivity contribution in [2.24, 2.45) is 5.41 Å². The molecule has 2 saturated carbocycles. The van der Waals surface area contributed by atoms with Gasteiger partial charge in [-0.25, -0.2) is 4.39 Å². The molecule has 1 aromatic heterocycles. The molecule has 0 amide bonds. The summed E-state index contributed by atoms with van der Waals surface area (Å²) in [5, 5.41) is 11.3. The van der Waals surface area contributed by atoms with Gasteiger partial charge in [-0.05, 0) is 79.0 Å². The third-order valence-corrected chi connectivity index (χ3v) is 8.43. The molecule has 1 aromatic carbocycles. The summed E-state index contributed by atoms with van der Waals surface area (Å²) in [7, 11) is 0. The molecule has 34 heavy (non-hydrogen) atoms. The topological polar surface area (TPSA) is 33.1 Å². The van der Waals surface area contributed by atoms with Crippen molar-refractivity contribution in [3.63, 3.8) is 0 Å². The van der Waals surface area contributed by atoms with E-state index in [4.69, 9.17) is 4.98 Å². The molecule has 0 aliphatic heterocycles. The van der Waals surface area contributed by atoms with Crippen LogP contribution in [0.15, 0.2) is 24.3 Å². The molecule has 184 valence electrons. The minimum absolute atomic E-state index is 0.0374. The van der Waals surface area contributed by atoms with E-state index in [0.717, 1.165) is 73.9 Å². The highest BCUT2D eigenvalue weighted by Gasteiger charge is 2.46. The summed E-state index contributed by atoms with van der Waals surface area (Å²) in [6.45, 7) is 3.99. The number of rotatable bonds is 4. The summed E-state index contributed by atoms with van der Waals surface area (Å²) in [5.41, 5.74) is 3.36. The Bertz CT molecular complexity index is 1050. The number of halogens is 4. The second kappa shape index (κ2) is 8.61. The van der Waals surface area contributed by atoms with Crippen molar-refractivity contribution >= 4 is 0 Å². The zero-order valence-electron chi connectivity index (χ0n) is 19.9. The second-order valence-corrected chi connectivity index (χ2v) is 11.1. The molecule has 0 unspecified atom stereocenters. The van der Waals surface area contributed by atoms with E-state index in [1.807, 2.05) is 13.8 Å². The highest BCUT2D eigenvalue weighted by molar-refractivity contribution is 5.51. The quantitative estimate of drug-likeness (QED) is 0.453. The number of hydrogen-bond acceptors (Lipinski definition) is 2. The molecule has 1 heterocycles. The predicted molar refractivity (Wildman–Crippen MR) is 123 cm³/mol. The van der Waals surface area contributed by atoms with E-state index in [-0.39, 0.29) is 22.8 Å².